The van der Waals surface area contributed by atoms with Crippen LogP contribution in [0.5, 0.6) is 5.75 Å². The first-order valence-corrected chi connectivity index (χ1v) is 12.7. The van der Waals surface area contributed by atoms with Gasteiger partial charge >= 0.3 is 5.97 Å². The number of aromatic nitrogens is 2. The lowest BCUT2D eigenvalue weighted by atomic mass is 10.1. The summed E-state index contributed by atoms with van der Waals surface area (Å²) in [5.74, 6) is 0.645. The molecule has 4 rings (SSSR count). The lowest BCUT2D eigenvalue weighted by molar-refractivity contribution is -0.147. The third-order valence-electron chi connectivity index (χ3n) is 5.64. The van der Waals surface area contributed by atoms with E-state index < -0.39 is 16.0 Å². The molecule has 182 valence electrons. The van der Waals surface area contributed by atoms with Gasteiger partial charge in [0.2, 0.25) is 10.0 Å². The second-order valence-electron chi connectivity index (χ2n) is 8.21. The highest BCUT2D eigenvalue weighted by molar-refractivity contribution is 7.89. The summed E-state index contributed by atoms with van der Waals surface area (Å²) in [7, 11) is -3.63. The van der Waals surface area contributed by atoms with Crippen LogP contribution in [-0.2, 0) is 37.4 Å². The first kappa shape index (κ1) is 24.2. The van der Waals surface area contributed by atoms with Gasteiger partial charge in [-0.25, -0.2) is 18.2 Å². The Morgan fingerprint density at radius 3 is 2.47 bits per heavy atom. The van der Waals surface area contributed by atoms with Gasteiger partial charge in [0.05, 0.1) is 29.1 Å². The maximum atomic E-state index is 13.0. The molecule has 1 aliphatic heterocycles. The van der Waals surface area contributed by atoms with Gasteiger partial charge in [-0.05, 0) is 62.2 Å². The van der Waals surface area contributed by atoms with Crippen LogP contribution in [0.4, 0.5) is 0 Å². The average molecular weight is 488 g/mol. The standard InChI is InChI=1S/C24H29N3O6S/c1-4-27-22-6-5-20(34(29,30)26-7-9-31-10-8-26)14-21(22)25-23(27)15-33-24(28)16-32-19-12-17(2)11-18(3)13-19/h5-6,11-14H,4,7-10,15-16H2,1-3H3. The molecule has 0 N–H and O–H groups in total. The number of sulfonamides is 1. The molecule has 10 heteroatoms. The van der Waals surface area contributed by atoms with E-state index in [-0.39, 0.29) is 18.1 Å². The summed E-state index contributed by atoms with van der Waals surface area (Å²) < 4.78 is 45.5. The number of carbonyl (C=O) groups is 1. The number of nitrogens with zero attached hydrogens (tertiary/aromatic N) is 3. The molecule has 0 saturated carbocycles. The van der Waals surface area contributed by atoms with Gasteiger partial charge < -0.3 is 18.8 Å². The quantitative estimate of drug-likeness (QED) is 0.451. The number of esters is 1. The molecule has 2 heterocycles. The number of rotatable bonds is 8. The van der Waals surface area contributed by atoms with Gasteiger partial charge in [-0.3, -0.25) is 0 Å². The van der Waals surface area contributed by atoms with Crippen molar-refractivity contribution in [1.82, 2.24) is 13.9 Å². The predicted octanol–water partition coefficient (Wildman–Crippen LogP) is 2.82. The minimum absolute atomic E-state index is 0.0386. The van der Waals surface area contributed by atoms with E-state index in [1.807, 2.05) is 43.5 Å². The van der Waals surface area contributed by atoms with Crippen molar-refractivity contribution in [3.63, 3.8) is 0 Å². The largest absolute Gasteiger partial charge is 0.482 e. The van der Waals surface area contributed by atoms with Crippen LogP contribution >= 0.6 is 0 Å². The first-order valence-electron chi connectivity index (χ1n) is 11.2. The van der Waals surface area contributed by atoms with Gasteiger partial charge in [0, 0.05) is 19.6 Å². The molecule has 1 aliphatic rings. The highest BCUT2D eigenvalue weighted by Gasteiger charge is 2.27. The monoisotopic (exact) mass is 487 g/mol. The van der Waals surface area contributed by atoms with Crippen LogP contribution < -0.4 is 4.74 Å². The summed E-state index contributed by atoms with van der Waals surface area (Å²) in [6.07, 6.45) is 0. The lowest BCUT2D eigenvalue weighted by Gasteiger charge is -2.26. The van der Waals surface area contributed by atoms with Crippen molar-refractivity contribution in [3.8, 4) is 5.75 Å². The summed E-state index contributed by atoms with van der Waals surface area (Å²) >= 11 is 0. The fraction of sp³-hybridized carbons (Fsp3) is 0.417. The molecule has 9 nitrogen and oxygen atoms in total. The molecule has 1 aromatic heterocycles. The summed E-state index contributed by atoms with van der Waals surface area (Å²) in [4.78, 5) is 17.0. The zero-order valence-electron chi connectivity index (χ0n) is 19.6. The highest BCUT2D eigenvalue weighted by Crippen LogP contribution is 2.24. The summed E-state index contributed by atoms with van der Waals surface area (Å²) in [5.41, 5.74) is 3.42. The molecule has 0 unspecified atom stereocenters. The smallest absolute Gasteiger partial charge is 0.344 e. The molecular formula is C24H29N3O6S. The minimum Gasteiger partial charge on any atom is -0.482 e. The zero-order valence-corrected chi connectivity index (χ0v) is 20.4. The number of carbonyl (C=O) groups excluding carboxylic acids is 1. The van der Waals surface area contributed by atoms with E-state index in [0.29, 0.717) is 49.9 Å². The Hall–Kier alpha value is -2.95. The normalized spacial score (nSPS) is 14.9. The summed E-state index contributed by atoms with van der Waals surface area (Å²) in [5, 5.41) is 0. The second-order valence-corrected chi connectivity index (χ2v) is 10.1. The van der Waals surface area contributed by atoms with Crippen LogP contribution in [0.25, 0.3) is 11.0 Å². The van der Waals surface area contributed by atoms with Crippen molar-refractivity contribution >= 4 is 27.0 Å². The molecule has 0 atom stereocenters. The van der Waals surface area contributed by atoms with E-state index in [1.54, 1.807) is 18.2 Å². The molecule has 1 fully saturated rings. The predicted molar refractivity (Wildman–Crippen MR) is 126 cm³/mol. The van der Waals surface area contributed by atoms with E-state index in [4.69, 9.17) is 14.2 Å². The van der Waals surface area contributed by atoms with Crippen molar-refractivity contribution < 1.29 is 27.4 Å². The van der Waals surface area contributed by atoms with Crippen molar-refractivity contribution in [2.75, 3.05) is 32.9 Å². The Morgan fingerprint density at radius 1 is 1.09 bits per heavy atom. The molecular weight excluding hydrogens is 458 g/mol. The molecule has 0 radical (unpaired) electrons. The lowest BCUT2D eigenvalue weighted by Crippen LogP contribution is -2.40. The van der Waals surface area contributed by atoms with Crippen LogP contribution in [0.1, 0.15) is 23.9 Å². The van der Waals surface area contributed by atoms with E-state index in [2.05, 4.69) is 4.98 Å². The summed E-state index contributed by atoms with van der Waals surface area (Å²) in [6, 6.07) is 10.7. The Balaban J connectivity index is 1.46. The highest BCUT2D eigenvalue weighted by atomic mass is 32.2. The van der Waals surface area contributed by atoms with Crippen molar-refractivity contribution in [3.05, 3.63) is 53.3 Å². The van der Waals surface area contributed by atoms with Gasteiger partial charge in [0.1, 0.15) is 18.2 Å². The van der Waals surface area contributed by atoms with Crippen molar-refractivity contribution in [2.24, 2.45) is 0 Å². The third-order valence-corrected chi connectivity index (χ3v) is 7.53. The Morgan fingerprint density at radius 2 is 1.79 bits per heavy atom. The molecule has 3 aromatic rings. The number of aryl methyl sites for hydroxylation is 3. The van der Waals surface area contributed by atoms with Gasteiger partial charge in [-0.2, -0.15) is 4.31 Å². The fourth-order valence-electron chi connectivity index (χ4n) is 4.06. The number of imidazole rings is 1. The van der Waals surface area contributed by atoms with E-state index in [0.717, 1.165) is 16.6 Å². The molecule has 0 aliphatic carbocycles. The number of hydrogen-bond donors (Lipinski definition) is 0. The van der Waals surface area contributed by atoms with Gasteiger partial charge in [-0.15, -0.1) is 0 Å². The Kier molecular flexibility index (Phi) is 7.20. The Labute approximate surface area is 199 Å². The first-order chi connectivity index (χ1) is 16.3. The second kappa shape index (κ2) is 10.1. The van der Waals surface area contributed by atoms with E-state index in [9.17, 15) is 13.2 Å². The molecule has 0 bridgehead atoms. The van der Waals surface area contributed by atoms with Crippen LogP contribution in [-0.4, -0.2) is 61.2 Å². The fourth-order valence-corrected chi connectivity index (χ4v) is 5.49. The van der Waals surface area contributed by atoms with E-state index in [1.165, 1.54) is 4.31 Å². The average Bonchev–Trinajstić information content (AvgIpc) is 3.18. The van der Waals surface area contributed by atoms with Gasteiger partial charge in [0.15, 0.2) is 6.61 Å². The zero-order chi connectivity index (χ0) is 24.3. The maximum Gasteiger partial charge on any atom is 0.344 e. The summed E-state index contributed by atoms with van der Waals surface area (Å²) in [6.45, 7) is 7.65. The molecule has 1 saturated heterocycles. The van der Waals surface area contributed by atoms with Crippen molar-refractivity contribution in [1.29, 1.82) is 0 Å². The molecule has 0 spiro atoms. The van der Waals surface area contributed by atoms with Gasteiger partial charge in [0.25, 0.3) is 0 Å². The molecule has 0 amide bonds. The van der Waals surface area contributed by atoms with Crippen LogP contribution in [0, 0.1) is 13.8 Å². The number of hydrogen-bond acceptors (Lipinski definition) is 7. The number of morpholine rings is 1. The van der Waals surface area contributed by atoms with Crippen LogP contribution in [0.2, 0.25) is 0 Å². The van der Waals surface area contributed by atoms with Gasteiger partial charge in [-0.1, -0.05) is 6.07 Å². The van der Waals surface area contributed by atoms with Crippen molar-refractivity contribution in [2.45, 2.75) is 38.8 Å². The SMILES string of the molecule is CCn1c(COC(=O)COc2cc(C)cc(C)c2)nc2cc(S(=O)(=O)N3CCOCC3)ccc21. The van der Waals surface area contributed by atoms with Crippen LogP contribution in [0.3, 0.4) is 0 Å². The number of fused-ring (bicyclic) bond motifs is 1. The van der Waals surface area contributed by atoms with Crippen LogP contribution in [0.15, 0.2) is 41.3 Å². The van der Waals surface area contributed by atoms with E-state index >= 15 is 0 Å². The third kappa shape index (κ3) is 5.24. The number of ether oxygens (including phenoxy) is 3. The topological polar surface area (TPSA) is 100.0 Å². The minimum atomic E-state index is -3.63. The maximum absolute atomic E-state index is 13.0. The Bertz CT molecular complexity index is 1280. The molecule has 2 aromatic carbocycles. The number of benzene rings is 2. The molecule has 34 heavy (non-hydrogen) atoms.